The second-order valence-corrected chi connectivity index (χ2v) is 9.94. The summed E-state index contributed by atoms with van der Waals surface area (Å²) in [5, 5.41) is 11.2. The summed E-state index contributed by atoms with van der Waals surface area (Å²) in [6.07, 6.45) is 4.78. The van der Waals surface area contributed by atoms with Gasteiger partial charge in [-0.2, -0.15) is 0 Å². The van der Waals surface area contributed by atoms with E-state index in [0.717, 1.165) is 38.4 Å². The van der Waals surface area contributed by atoms with E-state index >= 15 is 0 Å². The number of nitrogens with two attached hydrogens (primary N) is 1. The van der Waals surface area contributed by atoms with Gasteiger partial charge in [0.15, 0.2) is 8.68 Å². The molecule has 1 aliphatic rings. The molecule has 0 bridgehead atoms. The van der Waals surface area contributed by atoms with E-state index in [2.05, 4.69) is 15.5 Å². The van der Waals surface area contributed by atoms with E-state index < -0.39 is 5.91 Å². The monoisotopic (exact) mass is 400 g/mol. The molecule has 2 aromatic rings. The summed E-state index contributed by atoms with van der Waals surface area (Å²) in [4.78, 5) is 25.4. The van der Waals surface area contributed by atoms with Crippen molar-refractivity contribution in [3.05, 3.63) is 16.0 Å². The number of nitrogens with one attached hydrogen (secondary N) is 1. The van der Waals surface area contributed by atoms with Crippen molar-refractivity contribution in [2.24, 2.45) is 5.73 Å². The number of hydrogen-bond donors (Lipinski definition) is 2. The first-order valence-electron chi connectivity index (χ1n) is 7.29. The summed E-state index contributed by atoms with van der Waals surface area (Å²) in [6.45, 7) is 1.81. The lowest BCUT2D eigenvalue weighted by Gasteiger charge is -2.10. The molecule has 6 nitrogen and oxygen atoms in total. The molecular weight excluding hydrogens is 384 g/mol. The molecule has 1 aliphatic carbocycles. The van der Waals surface area contributed by atoms with Crippen LogP contribution in [0.4, 0.5) is 5.00 Å². The topological polar surface area (TPSA) is 98.0 Å². The zero-order valence-electron chi connectivity index (χ0n) is 13.1. The van der Waals surface area contributed by atoms with Crippen molar-refractivity contribution < 1.29 is 9.59 Å². The van der Waals surface area contributed by atoms with Gasteiger partial charge in [-0.25, -0.2) is 0 Å². The number of nitrogens with zero attached hydrogens (tertiary/aromatic N) is 2. The third-order valence-electron chi connectivity index (χ3n) is 3.61. The number of rotatable bonds is 6. The first kappa shape index (κ1) is 17.7. The van der Waals surface area contributed by atoms with E-state index in [0.29, 0.717) is 10.6 Å². The van der Waals surface area contributed by atoms with Crippen LogP contribution < -0.4 is 11.1 Å². The quantitative estimate of drug-likeness (QED) is 0.723. The minimum absolute atomic E-state index is 0.164. The predicted molar refractivity (Wildman–Crippen MR) is 101 cm³/mol. The van der Waals surface area contributed by atoms with Crippen molar-refractivity contribution in [3.63, 3.8) is 0 Å². The molecular formula is C14H16N4O2S4. The summed E-state index contributed by atoms with van der Waals surface area (Å²) in [6, 6.07) is 0. The zero-order valence-corrected chi connectivity index (χ0v) is 16.4. The lowest BCUT2D eigenvalue weighted by atomic mass is 10.1. The molecule has 0 saturated carbocycles. The molecule has 2 aromatic heterocycles. The summed E-state index contributed by atoms with van der Waals surface area (Å²) < 4.78 is 1.63. The number of primary amides is 1. The molecule has 0 aliphatic heterocycles. The zero-order chi connectivity index (χ0) is 17.3. The van der Waals surface area contributed by atoms with Crippen molar-refractivity contribution >= 4 is 63.0 Å². The van der Waals surface area contributed by atoms with Gasteiger partial charge in [0.1, 0.15) is 5.00 Å². The molecule has 0 fully saturated rings. The second kappa shape index (κ2) is 7.42. The van der Waals surface area contributed by atoms with Gasteiger partial charge in [0, 0.05) is 4.88 Å². The molecule has 0 spiro atoms. The second-order valence-electron chi connectivity index (χ2n) is 5.21. The maximum Gasteiger partial charge on any atom is 0.251 e. The number of carbonyl (C=O) groups is 2. The number of aromatic nitrogens is 2. The third-order valence-corrected chi connectivity index (χ3v) is 7.90. The van der Waals surface area contributed by atoms with Crippen LogP contribution in [0.15, 0.2) is 8.68 Å². The van der Waals surface area contributed by atoms with Crippen molar-refractivity contribution in [3.8, 4) is 0 Å². The lowest BCUT2D eigenvalue weighted by Crippen LogP contribution is -2.24. The Morgan fingerprint density at radius 1 is 1.25 bits per heavy atom. The molecule has 0 radical (unpaired) electrons. The molecule has 3 rings (SSSR count). The fourth-order valence-corrected chi connectivity index (χ4v) is 6.38. The van der Waals surface area contributed by atoms with Gasteiger partial charge in [0.05, 0.1) is 10.8 Å². The van der Waals surface area contributed by atoms with Crippen LogP contribution in [-0.2, 0) is 17.6 Å². The lowest BCUT2D eigenvalue weighted by molar-refractivity contribution is -0.115. The molecule has 128 valence electrons. The summed E-state index contributed by atoms with van der Waals surface area (Å²) in [5.41, 5.74) is 7.01. The standard InChI is InChI=1S/C14H16N4O2S4/c1-6(22-14-18-17-13(21-2)24-14)11(20)16-12-9(10(15)19)7-4-3-5-8(7)23-12/h6H,3-5H2,1-2H3,(H2,15,19)(H,16,20)/t6-/m1/s1. The molecule has 2 amide bonds. The Morgan fingerprint density at radius 3 is 2.67 bits per heavy atom. The Hall–Kier alpha value is -1.10. The fourth-order valence-electron chi connectivity index (χ4n) is 2.50. The van der Waals surface area contributed by atoms with Crippen molar-refractivity contribution in [2.45, 2.75) is 40.1 Å². The van der Waals surface area contributed by atoms with E-state index in [1.165, 1.54) is 46.2 Å². The van der Waals surface area contributed by atoms with Crippen molar-refractivity contribution in [2.75, 3.05) is 11.6 Å². The minimum Gasteiger partial charge on any atom is -0.365 e. The third kappa shape index (κ3) is 3.61. The van der Waals surface area contributed by atoms with E-state index in [9.17, 15) is 9.59 Å². The first-order chi connectivity index (χ1) is 11.5. The van der Waals surface area contributed by atoms with Crippen LogP contribution in [-0.4, -0.2) is 33.5 Å². The molecule has 3 N–H and O–H groups in total. The molecule has 0 saturated heterocycles. The Kier molecular flexibility index (Phi) is 5.48. The summed E-state index contributed by atoms with van der Waals surface area (Å²) in [7, 11) is 0. The molecule has 0 unspecified atom stereocenters. The molecule has 0 aromatic carbocycles. The average Bonchev–Trinajstić information content (AvgIpc) is 3.21. The SMILES string of the molecule is CSc1nnc(S[C@H](C)C(=O)Nc2sc3c(c2C(N)=O)CCC3)s1. The molecule has 2 heterocycles. The van der Waals surface area contributed by atoms with Crippen LogP contribution in [0.1, 0.15) is 34.1 Å². The normalized spacial score (nSPS) is 14.4. The Morgan fingerprint density at radius 2 is 2.00 bits per heavy atom. The van der Waals surface area contributed by atoms with E-state index in [1.54, 1.807) is 0 Å². The number of carbonyl (C=O) groups excluding carboxylic acids is 2. The van der Waals surface area contributed by atoms with E-state index in [4.69, 9.17) is 5.73 Å². The molecule has 1 atom stereocenters. The van der Waals surface area contributed by atoms with Crippen LogP contribution in [0.2, 0.25) is 0 Å². The predicted octanol–water partition coefficient (Wildman–Crippen LogP) is 3.03. The van der Waals surface area contributed by atoms with Crippen molar-refractivity contribution in [1.82, 2.24) is 10.2 Å². The molecule has 24 heavy (non-hydrogen) atoms. The largest absolute Gasteiger partial charge is 0.365 e. The minimum atomic E-state index is -0.473. The number of thioether (sulfide) groups is 2. The first-order valence-corrected chi connectivity index (χ1v) is 11.0. The van der Waals surface area contributed by atoms with Crippen LogP contribution in [0.25, 0.3) is 0 Å². The number of thiophene rings is 1. The Labute approximate surface area is 156 Å². The maximum atomic E-state index is 12.5. The highest BCUT2D eigenvalue weighted by atomic mass is 32.2. The van der Waals surface area contributed by atoms with Crippen molar-refractivity contribution in [1.29, 1.82) is 0 Å². The average molecular weight is 401 g/mol. The van der Waals surface area contributed by atoms with Gasteiger partial charge in [0.2, 0.25) is 5.91 Å². The fraction of sp³-hybridized carbons (Fsp3) is 0.429. The van der Waals surface area contributed by atoms with Crippen LogP contribution >= 0.6 is 46.2 Å². The van der Waals surface area contributed by atoms with Crippen LogP contribution in [0.5, 0.6) is 0 Å². The van der Waals surface area contributed by atoms with Crippen LogP contribution in [0.3, 0.4) is 0 Å². The maximum absolute atomic E-state index is 12.5. The van der Waals surface area contributed by atoms with Gasteiger partial charge >= 0.3 is 0 Å². The van der Waals surface area contributed by atoms with Gasteiger partial charge in [0.25, 0.3) is 5.91 Å². The van der Waals surface area contributed by atoms with Gasteiger partial charge in [-0.3, -0.25) is 9.59 Å². The van der Waals surface area contributed by atoms with Gasteiger partial charge < -0.3 is 11.1 Å². The number of fused-ring (bicyclic) bond motifs is 1. The Bertz CT molecular complexity index is 786. The van der Waals surface area contributed by atoms with E-state index in [-0.39, 0.29) is 11.2 Å². The van der Waals surface area contributed by atoms with Gasteiger partial charge in [-0.1, -0.05) is 34.9 Å². The van der Waals surface area contributed by atoms with Crippen LogP contribution in [0, 0.1) is 0 Å². The number of hydrogen-bond acceptors (Lipinski definition) is 8. The summed E-state index contributed by atoms with van der Waals surface area (Å²) in [5.74, 6) is -0.637. The Balaban J connectivity index is 1.71. The number of aryl methyl sites for hydroxylation is 1. The van der Waals surface area contributed by atoms with Gasteiger partial charge in [-0.15, -0.1) is 21.5 Å². The number of anilines is 1. The number of amides is 2. The summed E-state index contributed by atoms with van der Waals surface area (Å²) >= 11 is 5.82. The highest BCUT2D eigenvalue weighted by Gasteiger charge is 2.27. The van der Waals surface area contributed by atoms with Gasteiger partial charge in [-0.05, 0) is 38.0 Å². The molecule has 10 heteroatoms. The van der Waals surface area contributed by atoms with E-state index in [1.807, 2.05) is 13.2 Å². The smallest absolute Gasteiger partial charge is 0.251 e. The highest BCUT2D eigenvalue weighted by molar-refractivity contribution is 8.03. The highest BCUT2D eigenvalue weighted by Crippen LogP contribution is 2.39.